The maximum Gasteiger partial charge on any atom is 0.257 e. The highest BCUT2D eigenvalue weighted by Gasteiger charge is 2.35. The molecule has 8 nitrogen and oxygen atoms in total. The molecule has 1 aliphatic carbocycles. The van der Waals surface area contributed by atoms with Crippen molar-refractivity contribution in [2.45, 2.75) is 105 Å². The number of carbonyl (C=O) groups excluding carboxylic acids is 3. The number of hydrazine groups is 1. The van der Waals surface area contributed by atoms with Gasteiger partial charge in [-0.05, 0) is 37.5 Å². The lowest BCUT2D eigenvalue weighted by atomic mass is 9.80. The van der Waals surface area contributed by atoms with Crippen LogP contribution in [0.15, 0.2) is 0 Å². The third-order valence-corrected chi connectivity index (χ3v) is 6.55. The number of carbonyl (C=O) groups is 3. The highest BCUT2D eigenvalue weighted by Crippen LogP contribution is 2.30. The number of unbranched alkanes of at least 4 members (excludes halogenated alkanes) is 1. The van der Waals surface area contributed by atoms with E-state index in [1.165, 1.54) is 37.1 Å². The molecule has 0 aliphatic heterocycles. The fourth-order valence-electron chi connectivity index (χ4n) is 4.85. The third kappa shape index (κ3) is 10.9. The van der Waals surface area contributed by atoms with E-state index in [1.807, 2.05) is 27.7 Å². The summed E-state index contributed by atoms with van der Waals surface area (Å²) in [4.78, 5) is 38.5. The Labute approximate surface area is 200 Å². The predicted octanol–water partition coefficient (Wildman–Crippen LogP) is 3.77. The second-order valence-electron chi connectivity index (χ2n) is 10.7. The van der Waals surface area contributed by atoms with E-state index >= 15 is 0 Å². The van der Waals surface area contributed by atoms with Gasteiger partial charge in [0.2, 0.25) is 11.8 Å². The quantitative estimate of drug-likeness (QED) is 0.186. The molecule has 3 atom stereocenters. The van der Waals surface area contributed by atoms with Gasteiger partial charge in [0.1, 0.15) is 0 Å². The van der Waals surface area contributed by atoms with Crippen LogP contribution in [-0.4, -0.2) is 40.5 Å². The second kappa shape index (κ2) is 15.3. The molecule has 0 spiro atoms. The standard InChI is InChI=1S/C25H48N4O4/c1-17(2)15-22(23(30)27-29(16-18(3)4)25(32)19(5)26)21(24(31)28-33)14-10-9-13-20-11-7-6-8-12-20/h17-22,33H,6-16,26H2,1-5H3,(H,27,30)(H,28,31)/t19-,21-,22?/m1/s1. The largest absolute Gasteiger partial charge is 0.320 e. The molecule has 0 bridgehead atoms. The highest BCUT2D eigenvalue weighted by atomic mass is 16.5. The molecule has 3 amide bonds. The van der Waals surface area contributed by atoms with Crippen LogP contribution in [0.1, 0.15) is 98.8 Å². The van der Waals surface area contributed by atoms with Gasteiger partial charge in [0.25, 0.3) is 5.91 Å². The minimum atomic E-state index is -0.746. The van der Waals surface area contributed by atoms with Gasteiger partial charge in [-0.2, -0.15) is 0 Å². The summed E-state index contributed by atoms with van der Waals surface area (Å²) in [5, 5.41) is 10.7. The molecule has 0 aromatic carbocycles. The van der Waals surface area contributed by atoms with E-state index in [2.05, 4.69) is 5.43 Å². The zero-order chi connectivity index (χ0) is 25.0. The second-order valence-corrected chi connectivity index (χ2v) is 10.7. The molecule has 0 saturated heterocycles. The van der Waals surface area contributed by atoms with Crippen molar-refractivity contribution in [3.63, 3.8) is 0 Å². The smallest absolute Gasteiger partial charge is 0.257 e. The van der Waals surface area contributed by atoms with Gasteiger partial charge in [-0.3, -0.25) is 30.0 Å². The Morgan fingerprint density at radius 2 is 1.58 bits per heavy atom. The Hall–Kier alpha value is -1.67. The van der Waals surface area contributed by atoms with Crippen LogP contribution in [0.25, 0.3) is 0 Å². The monoisotopic (exact) mass is 468 g/mol. The van der Waals surface area contributed by atoms with E-state index in [1.54, 1.807) is 12.4 Å². The van der Waals surface area contributed by atoms with E-state index in [9.17, 15) is 19.6 Å². The number of nitrogens with two attached hydrogens (primary N) is 1. The van der Waals surface area contributed by atoms with E-state index in [0.29, 0.717) is 19.4 Å². The Morgan fingerprint density at radius 1 is 0.939 bits per heavy atom. The molecule has 33 heavy (non-hydrogen) atoms. The first-order valence-electron chi connectivity index (χ1n) is 12.9. The van der Waals surface area contributed by atoms with Gasteiger partial charge < -0.3 is 5.73 Å². The first-order valence-corrected chi connectivity index (χ1v) is 12.9. The minimum absolute atomic E-state index is 0.132. The molecule has 0 aromatic rings. The van der Waals surface area contributed by atoms with E-state index in [4.69, 9.17) is 5.73 Å². The first kappa shape index (κ1) is 29.4. The van der Waals surface area contributed by atoms with Crippen LogP contribution in [0.2, 0.25) is 0 Å². The fraction of sp³-hybridized carbons (Fsp3) is 0.880. The van der Waals surface area contributed by atoms with Gasteiger partial charge in [0, 0.05) is 6.54 Å². The summed E-state index contributed by atoms with van der Waals surface area (Å²) >= 11 is 0. The maximum absolute atomic E-state index is 13.3. The Morgan fingerprint density at radius 3 is 2.09 bits per heavy atom. The Balaban J connectivity index is 2.90. The molecule has 0 radical (unpaired) electrons. The molecule has 1 saturated carbocycles. The molecular formula is C25H48N4O4. The van der Waals surface area contributed by atoms with Gasteiger partial charge in [0.05, 0.1) is 17.9 Å². The van der Waals surface area contributed by atoms with Crippen LogP contribution in [0.3, 0.4) is 0 Å². The third-order valence-electron chi connectivity index (χ3n) is 6.55. The van der Waals surface area contributed by atoms with Crippen molar-refractivity contribution in [3.05, 3.63) is 0 Å². The van der Waals surface area contributed by atoms with Crippen LogP contribution >= 0.6 is 0 Å². The van der Waals surface area contributed by atoms with Gasteiger partial charge in [-0.15, -0.1) is 0 Å². The molecule has 1 aliphatic rings. The molecular weight excluding hydrogens is 420 g/mol. The SMILES string of the molecule is CC(C)CC(C(=O)NN(CC(C)C)C(=O)[C@@H](C)N)[C@@H](CCCCC1CCCCC1)C(=O)NO. The number of hydroxylamine groups is 1. The van der Waals surface area contributed by atoms with Crippen molar-refractivity contribution in [3.8, 4) is 0 Å². The van der Waals surface area contributed by atoms with Crippen molar-refractivity contribution in [2.75, 3.05) is 6.54 Å². The van der Waals surface area contributed by atoms with Gasteiger partial charge in [-0.25, -0.2) is 5.48 Å². The summed E-state index contributed by atoms with van der Waals surface area (Å²) in [6.45, 7) is 9.81. The van der Waals surface area contributed by atoms with Crippen molar-refractivity contribution < 1.29 is 19.6 Å². The van der Waals surface area contributed by atoms with Crippen molar-refractivity contribution in [1.29, 1.82) is 0 Å². The first-order chi connectivity index (χ1) is 15.6. The summed E-state index contributed by atoms with van der Waals surface area (Å²) in [5.41, 5.74) is 10.3. The van der Waals surface area contributed by atoms with Crippen LogP contribution in [-0.2, 0) is 14.4 Å². The summed E-state index contributed by atoms with van der Waals surface area (Å²) < 4.78 is 0. The van der Waals surface area contributed by atoms with Crippen molar-refractivity contribution >= 4 is 17.7 Å². The maximum atomic E-state index is 13.3. The number of rotatable bonds is 13. The van der Waals surface area contributed by atoms with Crippen molar-refractivity contribution in [2.24, 2.45) is 35.3 Å². The molecule has 8 heteroatoms. The lowest BCUT2D eigenvalue weighted by Crippen LogP contribution is -2.55. The summed E-state index contributed by atoms with van der Waals surface area (Å²) in [6, 6.07) is -0.746. The van der Waals surface area contributed by atoms with Gasteiger partial charge in [-0.1, -0.05) is 79.1 Å². The van der Waals surface area contributed by atoms with E-state index in [-0.39, 0.29) is 23.7 Å². The van der Waals surface area contributed by atoms with Crippen molar-refractivity contribution in [1.82, 2.24) is 15.9 Å². The molecule has 1 rings (SSSR count). The van der Waals surface area contributed by atoms with Crippen LogP contribution < -0.4 is 16.6 Å². The number of hydrogen-bond acceptors (Lipinski definition) is 5. The molecule has 0 heterocycles. The van der Waals surface area contributed by atoms with E-state index < -0.39 is 23.8 Å². The fourth-order valence-corrected chi connectivity index (χ4v) is 4.85. The zero-order valence-corrected chi connectivity index (χ0v) is 21.4. The summed E-state index contributed by atoms with van der Waals surface area (Å²) in [7, 11) is 0. The Kier molecular flexibility index (Phi) is 13.6. The van der Waals surface area contributed by atoms with Gasteiger partial charge in [0.15, 0.2) is 0 Å². The minimum Gasteiger partial charge on any atom is -0.320 e. The summed E-state index contributed by atoms with van der Waals surface area (Å²) in [6.07, 6.45) is 10.5. The summed E-state index contributed by atoms with van der Waals surface area (Å²) in [5.74, 6) is -1.52. The average Bonchev–Trinajstić information content (AvgIpc) is 2.76. The normalized spacial score (nSPS) is 17.5. The lowest BCUT2D eigenvalue weighted by Gasteiger charge is -2.31. The predicted molar refractivity (Wildman–Crippen MR) is 130 cm³/mol. The highest BCUT2D eigenvalue weighted by molar-refractivity contribution is 5.89. The average molecular weight is 469 g/mol. The Bertz CT molecular complexity index is 603. The molecule has 5 N–H and O–H groups in total. The molecule has 0 aromatic heterocycles. The lowest BCUT2D eigenvalue weighted by molar-refractivity contribution is -0.148. The molecule has 192 valence electrons. The van der Waals surface area contributed by atoms with Gasteiger partial charge >= 0.3 is 0 Å². The molecule has 1 fully saturated rings. The van der Waals surface area contributed by atoms with E-state index in [0.717, 1.165) is 25.2 Å². The number of nitrogens with zero attached hydrogens (tertiary/aromatic N) is 1. The number of hydrogen-bond donors (Lipinski definition) is 4. The van der Waals surface area contributed by atoms with Crippen LogP contribution in [0.4, 0.5) is 0 Å². The molecule has 1 unspecified atom stereocenters. The zero-order valence-electron chi connectivity index (χ0n) is 21.4. The number of amides is 3. The number of nitrogens with one attached hydrogen (secondary N) is 2. The van der Waals surface area contributed by atoms with Crippen LogP contribution in [0.5, 0.6) is 0 Å². The topological polar surface area (TPSA) is 125 Å². The van der Waals surface area contributed by atoms with Crippen LogP contribution in [0, 0.1) is 29.6 Å².